The number of nitrogens with one attached hydrogen (secondary N) is 1. The molecule has 2 aromatic heterocycles. The van der Waals surface area contributed by atoms with Crippen LogP contribution in [0.3, 0.4) is 0 Å². The van der Waals surface area contributed by atoms with Crippen LogP contribution in [0.2, 0.25) is 0 Å². The SMILES string of the molecule is CC#CCn1c(C#CC(=O)OCC)nc2c1c(=O)[nH]c(=O)n2C. The molecule has 8 nitrogen and oxygen atoms in total. The van der Waals surface area contributed by atoms with Crippen LogP contribution in [0.15, 0.2) is 9.59 Å². The standard InChI is InChI=1S/C15H14N4O4/c1-4-6-9-19-10(7-8-11(20)23-5-2)16-13-12(19)14(21)17-15(22)18(13)3/h5,9H2,1-3H3,(H,17,21,22). The van der Waals surface area contributed by atoms with Gasteiger partial charge < -0.3 is 4.74 Å². The van der Waals surface area contributed by atoms with E-state index in [1.165, 1.54) is 16.2 Å². The zero-order valence-corrected chi connectivity index (χ0v) is 12.9. The first-order chi connectivity index (χ1) is 11.0. The van der Waals surface area contributed by atoms with Gasteiger partial charge in [-0.1, -0.05) is 5.92 Å². The van der Waals surface area contributed by atoms with Crippen LogP contribution in [-0.2, 0) is 23.1 Å². The van der Waals surface area contributed by atoms with Gasteiger partial charge in [0.2, 0.25) is 0 Å². The van der Waals surface area contributed by atoms with Crippen molar-refractivity contribution >= 4 is 17.1 Å². The van der Waals surface area contributed by atoms with Crippen molar-refractivity contribution in [3.8, 4) is 23.7 Å². The minimum absolute atomic E-state index is 0.154. The Hall–Kier alpha value is -3.26. The molecule has 0 aliphatic carbocycles. The molecule has 1 N–H and O–H groups in total. The molecule has 0 saturated carbocycles. The lowest BCUT2D eigenvalue weighted by molar-refractivity contribution is -0.136. The average Bonchev–Trinajstić information content (AvgIpc) is 2.88. The molecule has 0 unspecified atom stereocenters. The maximum atomic E-state index is 12.1. The first kappa shape index (κ1) is 16.1. The lowest BCUT2D eigenvalue weighted by Gasteiger charge is -2.00. The Balaban J connectivity index is 2.72. The molecule has 0 aromatic carbocycles. The molecule has 23 heavy (non-hydrogen) atoms. The number of carbonyl (C=O) groups is 1. The quantitative estimate of drug-likeness (QED) is 0.587. The zero-order valence-electron chi connectivity index (χ0n) is 12.9. The van der Waals surface area contributed by atoms with E-state index < -0.39 is 17.2 Å². The van der Waals surface area contributed by atoms with Gasteiger partial charge in [0.15, 0.2) is 17.0 Å². The fraction of sp³-hybridized carbons (Fsp3) is 0.333. The topological polar surface area (TPSA) is 99.0 Å². The van der Waals surface area contributed by atoms with E-state index >= 15 is 0 Å². The Morgan fingerprint density at radius 1 is 1.39 bits per heavy atom. The van der Waals surface area contributed by atoms with E-state index in [1.54, 1.807) is 13.8 Å². The number of aromatic nitrogens is 4. The van der Waals surface area contributed by atoms with Crippen molar-refractivity contribution in [2.24, 2.45) is 7.05 Å². The minimum atomic E-state index is -0.699. The molecule has 0 amide bonds. The molecule has 8 heteroatoms. The number of aryl methyl sites for hydroxylation is 1. The summed E-state index contributed by atoms with van der Waals surface area (Å²) in [6.45, 7) is 3.69. The summed E-state index contributed by atoms with van der Waals surface area (Å²) in [5.41, 5.74) is -0.830. The number of H-pyrrole nitrogens is 1. The molecule has 2 rings (SSSR count). The monoisotopic (exact) mass is 314 g/mol. The highest BCUT2D eigenvalue weighted by molar-refractivity contribution is 5.89. The summed E-state index contributed by atoms with van der Waals surface area (Å²) < 4.78 is 7.38. The average molecular weight is 314 g/mol. The number of hydrogen-bond acceptors (Lipinski definition) is 5. The van der Waals surface area contributed by atoms with Crippen molar-refractivity contribution in [3.05, 3.63) is 26.7 Å². The summed E-state index contributed by atoms with van der Waals surface area (Å²) in [5.74, 6) is 9.82. The number of esters is 1. The Labute approximate surface area is 131 Å². The van der Waals surface area contributed by atoms with Gasteiger partial charge in [-0.3, -0.25) is 18.9 Å². The predicted molar refractivity (Wildman–Crippen MR) is 82.6 cm³/mol. The van der Waals surface area contributed by atoms with Crippen molar-refractivity contribution < 1.29 is 9.53 Å². The van der Waals surface area contributed by atoms with Crippen LogP contribution in [0.25, 0.3) is 11.2 Å². The van der Waals surface area contributed by atoms with Crippen LogP contribution in [0.1, 0.15) is 19.7 Å². The molecule has 0 atom stereocenters. The molecular formula is C15H14N4O4. The number of rotatable bonds is 2. The number of carbonyl (C=O) groups excluding carboxylic acids is 1. The highest BCUT2D eigenvalue weighted by Gasteiger charge is 2.15. The fourth-order valence-electron chi connectivity index (χ4n) is 1.92. The third-order valence-electron chi connectivity index (χ3n) is 2.97. The zero-order chi connectivity index (χ0) is 17.0. The van der Waals surface area contributed by atoms with Crippen molar-refractivity contribution in [3.63, 3.8) is 0 Å². The van der Waals surface area contributed by atoms with E-state index in [4.69, 9.17) is 4.74 Å². The lowest BCUT2D eigenvalue weighted by Crippen LogP contribution is -2.29. The summed E-state index contributed by atoms with van der Waals surface area (Å²) >= 11 is 0. The van der Waals surface area contributed by atoms with Gasteiger partial charge in [-0.2, -0.15) is 0 Å². The number of nitrogens with zero attached hydrogens (tertiary/aromatic N) is 3. The molecule has 2 heterocycles. The van der Waals surface area contributed by atoms with Crippen LogP contribution in [0.4, 0.5) is 0 Å². The Morgan fingerprint density at radius 3 is 2.78 bits per heavy atom. The van der Waals surface area contributed by atoms with E-state index in [-0.39, 0.29) is 30.1 Å². The van der Waals surface area contributed by atoms with Crippen LogP contribution in [0, 0.1) is 23.7 Å². The van der Waals surface area contributed by atoms with E-state index in [9.17, 15) is 14.4 Å². The molecule has 0 fully saturated rings. The van der Waals surface area contributed by atoms with Crippen molar-refractivity contribution in [1.29, 1.82) is 0 Å². The van der Waals surface area contributed by atoms with Gasteiger partial charge in [-0.15, -0.1) is 5.92 Å². The van der Waals surface area contributed by atoms with Crippen LogP contribution in [-0.4, -0.2) is 31.7 Å². The van der Waals surface area contributed by atoms with Crippen molar-refractivity contribution in [2.45, 2.75) is 20.4 Å². The summed E-state index contributed by atoms with van der Waals surface area (Å²) in [6.07, 6.45) is 0. The summed E-state index contributed by atoms with van der Waals surface area (Å²) in [5, 5.41) is 0. The minimum Gasteiger partial charge on any atom is -0.456 e. The third-order valence-corrected chi connectivity index (χ3v) is 2.97. The maximum Gasteiger partial charge on any atom is 0.384 e. The Morgan fingerprint density at radius 2 is 2.13 bits per heavy atom. The van der Waals surface area contributed by atoms with E-state index in [2.05, 4.69) is 33.6 Å². The molecule has 0 spiro atoms. The van der Waals surface area contributed by atoms with E-state index in [1.807, 2.05) is 0 Å². The van der Waals surface area contributed by atoms with Crippen LogP contribution < -0.4 is 11.2 Å². The largest absolute Gasteiger partial charge is 0.456 e. The van der Waals surface area contributed by atoms with E-state index in [0.29, 0.717) is 0 Å². The van der Waals surface area contributed by atoms with Gasteiger partial charge in [0.25, 0.3) is 5.56 Å². The Kier molecular flexibility index (Phi) is 4.67. The number of imidazole rings is 1. The lowest BCUT2D eigenvalue weighted by atomic mass is 10.4. The van der Waals surface area contributed by atoms with E-state index in [0.717, 1.165) is 0 Å². The molecule has 0 radical (unpaired) electrons. The Bertz CT molecular complexity index is 1000. The second-order valence-electron chi connectivity index (χ2n) is 4.41. The van der Waals surface area contributed by atoms with Gasteiger partial charge in [-0.25, -0.2) is 14.6 Å². The molecule has 0 saturated heterocycles. The molecule has 0 aliphatic heterocycles. The fourth-order valence-corrected chi connectivity index (χ4v) is 1.92. The van der Waals surface area contributed by atoms with Crippen LogP contribution in [0.5, 0.6) is 0 Å². The van der Waals surface area contributed by atoms with Gasteiger partial charge in [0.05, 0.1) is 13.2 Å². The summed E-state index contributed by atoms with van der Waals surface area (Å²) in [4.78, 5) is 41.5. The highest BCUT2D eigenvalue weighted by atomic mass is 16.5. The molecule has 0 aliphatic rings. The summed E-state index contributed by atoms with van der Waals surface area (Å²) in [7, 11) is 1.48. The predicted octanol–water partition coefficient (Wildman–Crippen LogP) is -0.639. The number of aromatic amines is 1. The smallest absolute Gasteiger partial charge is 0.384 e. The number of hydrogen-bond donors (Lipinski definition) is 1. The normalized spacial score (nSPS) is 9.70. The molecule has 118 valence electrons. The second-order valence-corrected chi connectivity index (χ2v) is 4.41. The third kappa shape index (κ3) is 3.16. The van der Waals surface area contributed by atoms with Gasteiger partial charge in [0, 0.05) is 13.0 Å². The van der Waals surface area contributed by atoms with Crippen molar-refractivity contribution in [1.82, 2.24) is 19.1 Å². The van der Waals surface area contributed by atoms with Crippen molar-refractivity contribution in [2.75, 3.05) is 6.61 Å². The molecule has 2 aromatic rings. The summed E-state index contributed by atoms with van der Waals surface area (Å²) in [6, 6.07) is 0. The first-order valence-electron chi connectivity index (χ1n) is 6.77. The number of ether oxygens (including phenoxy) is 1. The highest BCUT2D eigenvalue weighted by Crippen LogP contribution is 2.09. The molecule has 0 bridgehead atoms. The second kappa shape index (κ2) is 6.67. The van der Waals surface area contributed by atoms with Crippen LogP contribution >= 0.6 is 0 Å². The maximum absolute atomic E-state index is 12.1. The number of fused-ring (bicyclic) bond motifs is 1. The molecular weight excluding hydrogens is 300 g/mol. The van der Waals surface area contributed by atoms with Gasteiger partial charge in [0.1, 0.15) is 0 Å². The first-order valence-corrected chi connectivity index (χ1v) is 6.77. The van der Waals surface area contributed by atoms with Gasteiger partial charge in [-0.05, 0) is 19.8 Å². The van der Waals surface area contributed by atoms with Gasteiger partial charge >= 0.3 is 11.7 Å².